The summed E-state index contributed by atoms with van der Waals surface area (Å²) in [6, 6.07) is 3.74. The van der Waals surface area contributed by atoms with Gasteiger partial charge >= 0.3 is 5.97 Å². The van der Waals surface area contributed by atoms with Crippen molar-refractivity contribution in [3.05, 3.63) is 46.1 Å². The van der Waals surface area contributed by atoms with E-state index >= 15 is 0 Å². The fourth-order valence-corrected chi connectivity index (χ4v) is 7.35. The Hall–Kier alpha value is -2.74. The molecule has 3 aliphatic carbocycles. The molecule has 0 aromatic carbocycles. The highest BCUT2D eigenvalue weighted by Gasteiger charge is 2.54. The molecule has 4 atom stereocenters. The van der Waals surface area contributed by atoms with Crippen molar-refractivity contribution < 1.29 is 19.5 Å². The van der Waals surface area contributed by atoms with Crippen molar-refractivity contribution in [2.24, 2.45) is 23.7 Å². The standard InChI is InChI=1S/C25H29N3O4S/c29-22(27-13-14-5-4-10-26-12-14)21-17-6-2-1-3-7-18(17)33-24(21)28-23(30)19-15-8-9-16(11-15)20(19)25(31)32/h4-5,10,12,15-16,19-20H,1-3,6-9,11,13H2,(H,27,29)(H,28,30)(H,31,32)/t15-,16-,19-,20-/m0/s1. The molecule has 3 N–H and O–H groups in total. The topological polar surface area (TPSA) is 108 Å². The van der Waals surface area contributed by atoms with E-state index in [1.54, 1.807) is 12.4 Å². The van der Waals surface area contributed by atoms with Crippen LogP contribution in [0.3, 0.4) is 0 Å². The number of hydrogen-bond acceptors (Lipinski definition) is 5. The Balaban J connectivity index is 1.40. The minimum absolute atomic E-state index is 0.0885. The zero-order valence-electron chi connectivity index (χ0n) is 18.5. The van der Waals surface area contributed by atoms with Crippen LogP contribution in [0.2, 0.25) is 0 Å². The normalized spacial score (nSPS) is 25.8. The molecule has 5 rings (SSSR count). The summed E-state index contributed by atoms with van der Waals surface area (Å²) in [5.74, 6) is -2.25. The minimum atomic E-state index is -0.876. The molecule has 0 radical (unpaired) electrons. The Morgan fingerprint density at radius 2 is 1.88 bits per heavy atom. The molecule has 7 nitrogen and oxygen atoms in total. The number of pyridine rings is 1. The molecule has 8 heteroatoms. The molecule has 2 saturated carbocycles. The summed E-state index contributed by atoms with van der Waals surface area (Å²) in [4.78, 5) is 43.8. The quantitative estimate of drug-likeness (QED) is 0.556. The number of nitrogens with zero attached hydrogens (tertiary/aromatic N) is 1. The maximum absolute atomic E-state index is 13.3. The summed E-state index contributed by atoms with van der Waals surface area (Å²) in [6.45, 7) is 0.359. The third kappa shape index (κ3) is 4.28. The molecule has 0 unspecified atom stereocenters. The van der Waals surface area contributed by atoms with Gasteiger partial charge in [0, 0.05) is 23.8 Å². The minimum Gasteiger partial charge on any atom is -0.481 e. The average Bonchev–Trinajstić information content (AvgIpc) is 3.47. The van der Waals surface area contributed by atoms with E-state index < -0.39 is 17.8 Å². The van der Waals surface area contributed by atoms with Gasteiger partial charge in [0.1, 0.15) is 5.00 Å². The van der Waals surface area contributed by atoms with E-state index in [9.17, 15) is 19.5 Å². The van der Waals surface area contributed by atoms with Gasteiger partial charge in [0.15, 0.2) is 0 Å². The number of rotatable bonds is 6. The lowest BCUT2D eigenvalue weighted by atomic mass is 9.78. The maximum atomic E-state index is 13.3. The molecule has 33 heavy (non-hydrogen) atoms. The molecular weight excluding hydrogens is 438 g/mol. The first kappa shape index (κ1) is 22.1. The molecule has 0 spiro atoms. The van der Waals surface area contributed by atoms with Crippen molar-refractivity contribution in [3.8, 4) is 0 Å². The van der Waals surface area contributed by atoms with Gasteiger partial charge in [0.05, 0.1) is 17.4 Å². The fraction of sp³-hybridized carbons (Fsp3) is 0.520. The van der Waals surface area contributed by atoms with Gasteiger partial charge in [-0.05, 0) is 74.0 Å². The molecule has 2 bridgehead atoms. The second kappa shape index (κ2) is 9.25. The van der Waals surface area contributed by atoms with E-state index in [-0.39, 0.29) is 23.7 Å². The molecule has 2 aromatic heterocycles. The van der Waals surface area contributed by atoms with Crippen molar-refractivity contribution >= 4 is 34.1 Å². The number of carboxylic acid groups (broad SMARTS) is 1. The molecule has 2 fully saturated rings. The molecule has 2 amide bonds. The number of amides is 2. The van der Waals surface area contributed by atoms with Gasteiger partial charge in [-0.25, -0.2) is 0 Å². The van der Waals surface area contributed by atoms with E-state index in [1.807, 2.05) is 12.1 Å². The largest absolute Gasteiger partial charge is 0.481 e. The van der Waals surface area contributed by atoms with E-state index in [0.29, 0.717) is 17.1 Å². The lowest BCUT2D eigenvalue weighted by Gasteiger charge is -2.27. The van der Waals surface area contributed by atoms with Crippen molar-refractivity contribution in [3.63, 3.8) is 0 Å². The highest BCUT2D eigenvalue weighted by Crippen LogP contribution is 2.53. The zero-order chi connectivity index (χ0) is 22.9. The molecule has 2 heterocycles. The number of aryl methyl sites for hydroxylation is 1. The SMILES string of the molecule is O=C(NCc1cccnc1)c1c(NC(=O)[C@H]2[C@H]3CC[C@@H](C3)[C@@H]2C(=O)O)sc2c1CCCCC2. The summed E-state index contributed by atoms with van der Waals surface area (Å²) in [6.07, 6.45) is 11.0. The molecule has 2 aromatic rings. The van der Waals surface area contributed by atoms with Gasteiger partial charge in [-0.2, -0.15) is 0 Å². The molecular formula is C25H29N3O4S. The van der Waals surface area contributed by atoms with Gasteiger partial charge in [-0.15, -0.1) is 11.3 Å². The highest BCUT2D eigenvalue weighted by atomic mass is 32.1. The maximum Gasteiger partial charge on any atom is 0.307 e. The number of carbonyl (C=O) groups is 3. The van der Waals surface area contributed by atoms with Crippen LogP contribution in [-0.2, 0) is 29.0 Å². The highest BCUT2D eigenvalue weighted by molar-refractivity contribution is 7.17. The van der Waals surface area contributed by atoms with Crippen LogP contribution in [0, 0.1) is 23.7 Å². The molecule has 174 valence electrons. The third-order valence-electron chi connectivity index (χ3n) is 7.57. The average molecular weight is 468 g/mol. The summed E-state index contributed by atoms with van der Waals surface area (Å²) in [5, 5.41) is 16.3. The molecule has 3 aliphatic rings. The second-order valence-corrected chi connectivity index (χ2v) is 10.6. The lowest BCUT2D eigenvalue weighted by Crippen LogP contribution is -2.38. The second-order valence-electron chi connectivity index (χ2n) is 9.52. The summed E-state index contributed by atoms with van der Waals surface area (Å²) in [5.41, 5.74) is 2.51. The van der Waals surface area contributed by atoms with Crippen LogP contribution in [0.25, 0.3) is 0 Å². The first-order chi connectivity index (χ1) is 16.0. The first-order valence-electron chi connectivity index (χ1n) is 11.9. The lowest BCUT2D eigenvalue weighted by molar-refractivity contribution is -0.148. The predicted octanol–water partition coefficient (Wildman–Crippen LogP) is 4.03. The van der Waals surface area contributed by atoms with Crippen LogP contribution in [0.5, 0.6) is 0 Å². The summed E-state index contributed by atoms with van der Waals surface area (Å²) >= 11 is 1.49. The van der Waals surface area contributed by atoms with Gasteiger partial charge in [-0.3, -0.25) is 19.4 Å². The van der Waals surface area contributed by atoms with Crippen LogP contribution >= 0.6 is 11.3 Å². The Morgan fingerprint density at radius 1 is 1.09 bits per heavy atom. The number of hydrogen-bond donors (Lipinski definition) is 3. The Morgan fingerprint density at radius 3 is 2.64 bits per heavy atom. The molecule has 0 aliphatic heterocycles. The zero-order valence-corrected chi connectivity index (χ0v) is 19.3. The van der Waals surface area contributed by atoms with Crippen molar-refractivity contribution in [1.82, 2.24) is 10.3 Å². The number of anilines is 1. The van der Waals surface area contributed by atoms with E-state index in [4.69, 9.17) is 0 Å². The Labute approximate surface area is 197 Å². The summed E-state index contributed by atoms with van der Waals surface area (Å²) in [7, 11) is 0. The summed E-state index contributed by atoms with van der Waals surface area (Å²) < 4.78 is 0. The van der Waals surface area contributed by atoms with Crippen molar-refractivity contribution in [1.29, 1.82) is 0 Å². The predicted molar refractivity (Wildman–Crippen MR) is 125 cm³/mol. The Bertz CT molecular complexity index is 1070. The smallest absolute Gasteiger partial charge is 0.307 e. The number of aliphatic carboxylic acids is 1. The van der Waals surface area contributed by atoms with Gasteiger partial charge < -0.3 is 15.7 Å². The van der Waals surface area contributed by atoms with Crippen molar-refractivity contribution in [2.45, 2.75) is 57.9 Å². The van der Waals surface area contributed by atoms with Gasteiger partial charge in [-0.1, -0.05) is 12.5 Å². The van der Waals surface area contributed by atoms with Crippen LogP contribution in [-0.4, -0.2) is 27.9 Å². The van der Waals surface area contributed by atoms with Crippen LogP contribution in [0.1, 0.15) is 64.9 Å². The number of thiophene rings is 1. The number of aromatic nitrogens is 1. The number of carbonyl (C=O) groups excluding carboxylic acids is 2. The van der Waals surface area contributed by atoms with E-state index in [0.717, 1.165) is 67.4 Å². The van der Waals surface area contributed by atoms with Crippen LogP contribution in [0.4, 0.5) is 5.00 Å². The monoisotopic (exact) mass is 467 g/mol. The van der Waals surface area contributed by atoms with Crippen LogP contribution in [0.15, 0.2) is 24.5 Å². The first-order valence-corrected chi connectivity index (χ1v) is 12.7. The van der Waals surface area contributed by atoms with Crippen molar-refractivity contribution in [2.75, 3.05) is 5.32 Å². The number of fused-ring (bicyclic) bond motifs is 3. The van der Waals surface area contributed by atoms with Gasteiger partial charge in [0.2, 0.25) is 5.91 Å². The third-order valence-corrected chi connectivity index (χ3v) is 8.77. The number of carboxylic acids is 1. The molecule has 0 saturated heterocycles. The Kier molecular flexibility index (Phi) is 6.19. The van der Waals surface area contributed by atoms with E-state index in [1.165, 1.54) is 11.3 Å². The van der Waals surface area contributed by atoms with Crippen LogP contribution < -0.4 is 10.6 Å². The number of nitrogens with one attached hydrogen (secondary N) is 2. The van der Waals surface area contributed by atoms with Gasteiger partial charge in [0.25, 0.3) is 5.91 Å². The van der Waals surface area contributed by atoms with E-state index in [2.05, 4.69) is 15.6 Å². The fourth-order valence-electron chi connectivity index (χ4n) is 6.06.